The van der Waals surface area contributed by atoms with Crippen molar-refractivity contribution in [3.05, 3.63) is 32.4 Å². The van der Waals surface area contributed by atoms with Gasteiger partial charge in [0.1, 0.15) is 6.29 Å². The molecule has 0 aromatic heterocycles. The Morgan fingerprint density at radius 2 is 2.21 bits per heavy atom. The monoisotopic (exact) mass is 322 g/mol. The highest BCUT2D eigenvalue weighted by Gasteiger charge is 2.11. The average Bonchev–Trinajstić information content (AvgIpc) is 2.20. The quantitative estimate of drug-likeness (QED) is 0.371. The van der Waals surface area contributed by atoms with Crippen molar-refractivity contribution in [1.29, 1.82) is 0 Å². The maximum absolute atomic E-state index is 11.4. The van der Waals surface area contributed by atoms with Gasteiger partial charge in [-0.1, -0.05) is 0 Å². The van der Waals surface area contributed by atoms with Crippen molar-refractivity contribution in [2.45, 2.75) is 6.92 Å². The van der Waals surface area contributed by atoms with Gasteiger partial charge in [0, 0.05) is 14.7 Å². The summed E-state index contributed by atoms with van der Waals surface area (Å²) in [5.74, 6) is -0.208. The predicted octanol–water partition coefficient (Wildman–Crippen LogP) is 2.83. The molecule has 0 unspecified atom stereocenters. The van der Waals surface area contributed by atoms with Crippen molar-refractivity contribution in [3.8, 4) is 0 Å². The second kappa shape index (κ2) is 4.89. The zero-order valence-electron chi connectivity index (χ0n) is 7.51. The summed E-state index contributed by atoms with van der Waals surface area (Å²) in [6.45, 7) is 1.86. The lowest BCUT2D eigenvalue weighted by molar-refractivity contribution is 0.102. The number of rotatable bonds is 3. The second-order valence-corrected chi connectivity index (χ2v) is 4.22. The molecule has 0 aliphatic heterocycles. The van der Waals surface area contributed by atoms with Crippen LogP contribution in [0.3, 0.4) is 0 Å². The fourth-order valence-electron chi connectivity index (χ4n) is 1.14. The van der Waals surface area contributed by atoms with Crippen molar-refractivity contribution >= 4 is 46.3 Å². The van der Waals surface area contributed by atoms with Crippen LogP contribution in [0, 0.1) is 10.5 Å². The van der Waals surface area contributed by atoms with Crippen LogP contribution in [0.25, 0.3) is 0 Å². The van der Waals surface area contributed by atoms with Crippen LogP contribution < -0.4 is 0 Å². The number of carbonyl (C=O) groups is 2. The molecule has 0 atom stereocenters. The number of aryl methyl sites for hydroxylation is 1. The first kappa shape index (κ1) is 11.7. The third kappa shape index (κ3) is 2.33. The summed E-state index contributed by atoms with van der Waals surface area (Å²) in [6, 6.07) is 3.33. The van der Waals surface area contributed by atoms with Crippen LogP contribution in [0.4, 0.5) is 0 Å². The number of aldehydes is 1. The highest BCUT2D eigenvalue weighted by atomic mass is 127. The lowest BCUT2D eigenvalue weighted by atomic mass is 10.0. The minimum absolute atomic E-state index is 0.0578. The van der Waals surface area contributed by atoms with E-state index in [2.05, 4.69) is 22.6 Å². The average molecular weight is 323 g/mol. The molecule has 1 rings (SSSR count). The molecule has 1 aromatic rings. The minimum Gasteiger partial charge on any atom is -0.298 e. The van der Waals surface area contributed by atoms with Gasteiger partial charge in [-0.2, -0.15) is 0 Å². The molecular weight excluding hydrogens is 314 g/mol. The first-order valence-electron chi connectivity index (χ1n) is 3.94. The Bertz CT molecular complexity index is 388. The molecule has 0 aliphatic carbocycles. The third-order valence-corrected chi connectivity index (χ3v) is 3.51. The Balaban J connectivity index is 3.33. The van der Waals surface area contributed by atoms with Crippen LogP contribution in [0.1, 0.15) is 26.3 Å². The van der Waals surface area contributed by atoms with Crippen molar-refractivity contribution < 1.29 is 9.59 Å². The van der Waals surface area contributed by atoms with Gasteiger partial charge in [0.25, 0.3) is 0 Å². The smallest absolute Gasteiger partial charge is 0.178 e. The number of hydrogen-bond acceptors (Lipinski definition) is 2. The van der Waals surface area contributed by atoms with E-state index in [9.17, 15) is 9.59 Å². The molecule has 0 amide bonds. The zero-order chi connectivity index (χ0) is 10.7. The minimum atomic E-state index is -0.150. The van der Waals surface area contributed by atoms with E-state index in [1.165, 1.54) is 0 Å². The molecule has 0 N–H and O–H groups in total. The van der Waals surface area contributed by atoms with E-state index in [0.29, 0.717) is 11.1 Å². The Hall–Kier alpha value is -0.420. The van der Waals surface area contributed by atoms with Gasteiger partial charge in [0.05, 0.1) is 5.88 Å². The molecule has 0 heterocycles. The van der Waals surface area contributed by atoms with E-state index >= 15 is 0 Å². The summed E-state index contributed by atoms with van der Waals surface area (Å²) in [4.78, 5) is 22.0. The first-order valence-corrected chi connectivity index (χ1v) is 5.56. The van der Waals surface area contributed by atoms with Crippen LogP contribution >= 0.6 is 34.2 Å². The highest BCUT2D eigenvalue weighted by Crippen LogP contribution is 2.19. The largest absolute Gasteiger partial charge is 0.298 e. The molecule has 0 spiro atoms. The molecular formula is C10H8ClIO2. The predicted molar refractivity (Wildman–Crippen MR) is 64.3 cm³/mol. The van der Waals surface area contributed by atoms with Crippen molar-refractivity contribution in [2.24, 2.45) is 0 Å². The molecule has 0 saturated carbocycles. The number of ketones is 1. The van der Waals surface area contributed by atoms with Gasteiger partial charge >= 0.3 is 0 Å². The summed E-state index contributed by atoms with van der Waals surface area (Å²) in [7, 11) is 0. The van der Waals surface area contributed by atoms with E-state index in [1.807, 2.05) is 6.92 Å². The van der Waals surface area contributed by atoms with E-state index < -0.39 is 0 Å². The van der Waals surface area contributed by atoms with E-state index in [4.69, 9.17) is 11.6 Å². The molecule has 1 aromatic carbocycles. The van der Waals surface area contributed by atoms with Crippen LogP contribution in [0.5, 0.6) is 0 Å². The number of benzene rings is 1. The molecule has 0 bridgehead atoms. The van der Waals surface area contributed by atoms with E-state index in [-0.39, 0.29) is 11.7 Å². The van der Waals surface area contributed by atoms with Crippen LogP contribution in [0.15, 0.2) is 12.1 Å². The van der Waals surface area contributed by atoms with Gasteiger partial charge in [-0.05, 0) is 47.2 Å². The van der Waals surface area contributed by atoms with E-state index in [0.717, 1.165) is 15.4 Å². The maximum Gasteiger partial charge on any atom is 0.178 e. The summed E-state index contributed by atoms with van der Waals surface area (Å²) in [5.41, 5.74) is 1.96. The lowest BCUT2D eigenvalue weighted by Gasteiger charge is -2.05. The Morgan fingerprint density at radius 3 is 2.71 bits per heavy atom. The van der Waals surface area contributed by atoms with E-state index in [1.54, 1.807) is 12.1 Å². The molecule has 74 valence electrons. The van der Waals surface area contributed by atoms with Gasteiger partial charge in [-0.15, -0.1) is 11.6 Å². The summed E-state index contributed by atoms with van der Waals surface area (Å²) < 4.78 is 0.860. The van der Waals surface area contributed by atoms with Gasteiger partial charge in [-0.25, -0.2) is 0 Å². The Labute approximate surface area is 101 Å². The molecule has 0 aliphatic rings. The SMILES string of the molecule is Cc1cc(C=O)cc(C(=O)CCl)c1I. The Morgan fingerprint density at radius 1 is 1.57 bits per heavy atom. The van der Waals surface area contributed by atoms with Gasteiger partial charge in [0.15, 0.2) is 5.78 Å². The van der Waals surface area contributed by atoms with Gasteiger partial charge in [0.2, 0.25) is 0 Å². The molecule has 4 heteroatoms. The fraction of sp³-hybridized carbons (Fsp3) is 0.200. The number of hydrogen-bond donors (Lipinski definition) is 0. The van der Waals surface area contributed by atoms with Crippen LogP contribution in [-0.2, 0) is 0 Å². The maximum atomic E-state index is 11.4. The molecule has 2 nitrogen and oxygen atoms in total. The number of Topliss-reactive ketones (excluding diaryl/α,β-unsaturated/α-hetero) is 1. The Kier molecular flexibility index (Phi) is 4.07. The second-order valence-electron chi connectivity index (χ2n) is 2.87. The van der Waals surface area contributed by atoms with Crippen LogP contribution in [-0.4, -0.2) is 17.9 Å². The third-order valence-electron chi connectivity index (χ3n) is 1.83. The number of alkyl halides is 1. The van der Waals surface area contributed by atoms with Crippen molar-refractivity contribution in [2.75, 3.05) is 5.88 Å². The first-order chi connectivity index (χ1) is 6.60. The summed E-state index contributed by atoms with van der Waals surface area (Å²) in [5, 5.41) is 0. The topological polar surface area (TPSA) is 34.1 Å². The van der Waals surface area contributed by atoms with Crippen LogP contribution in [0.2, 0.25) is 0 Å². The fourth-order valence-corrected chi connectivity index (χ4v) is 1.90. The zero-order valence-corrected chi connectivity index (χ0v) is 10.4. The summed E-state index contributed by atoms with van der Waals surface area (Å²) in [6.07, 6.45) is 0.730. The standard InChI is InChI=1S/C10H8ClIO2/c1-6-2-7(5-13)3-8(10(6)12)9(14)4-11/h2-3,5H,4H2,1H3. The molecule has 0 radical (unpaired) electrons. The lowest BCUT2D eigenvalue weighted by Crippen LogP contribution is -2.05. The highest BCUT2D eigenvalue weighted by molar-refractivity contribution is 14.1. The molecule has 0 fully saturated rings. The normalized spacial score (nSPS) is 9.93. The van der Waals surface area contributed by atoms with Gasteiger partial charge in [-0.3, -0.25) is 9.59 Å². The number of carbonyl (C=O) groups excluding carboxylic acids is 2. The van der Waals surface area contributed by atoms with Gasteiger partial charge < -0.3 is 0 Å². The van der Waals surface area contributed by atoms with Crippen molar-refractivity contribution in [1.82, 2.24) is 0 Å². The molecule has 0 saturated heterocycles. The van der Waals surface area contributed by atoms with Crippen molar-refractivity contribution in [3.63, 3.8) is 0 Å². The molecule has 14 heavy (non-hydrogen) atoms. The summed E-state index contributed by atoms with van der Waals surface area (Å²) >= 11 is 7.55. The number of halogens is 2.